The molecule has 0 fully saturated rings. The number of oxime groups is 1. The second-order valence-electron chi connectivity index (χ2n) is 4.26. The Balaban J connectivity index is 2.64. The van der Waals surface area contributed by atoms with Gasteiger partial charge in [0.1, 0.15) is 5.75 Å². The highest BCUT2D eigenvalue weighted by molar-refractivity contribution is 5.97. The molecule has 6 N–H and O–H groups in total. The van der Waals surface area contributed by atoms with E-state index in [1.807, 2.05) is 0 Å². The minimum Gasteiger partial charge on any atom is -0.496 e. The Morgan fingerprint density at radius 3 is 2.80 bits per heavy atom. The topological polar surface area (TPSA) is 123 Å². The summed E-state index contributed by atoms with van der Waals surface area (Å²) in [6, 6.07) is 5.26. The van der Waals surface area contributed by atoms with Gasteiger partial charge in [0.25, 0.3) is 0 Å². The highest BCUT2D eigenvalue weighted by Gasteiger charge is 2.07. The zero-order valence-corrected chi connectivity index (χ0v) is 11.4. The minimum absolute atomic E-state index is 0.0441. The summed E-state index contributed by atoms with van der Waals surface area (Å²) < 4.78 is 5.25. The van der Waals surface area contributed by atoms with Crippen LogP contribution in [0.3, 0.4) is 0 Å². The van der Waals surface area contributed by atoms with Crippen molar-refractivity contribution in [2.24, 2.45) is 16.6 Å². The van der Waals surface area contributed by atoms with Gasteiger partial charge in [-0.15, -0.1) is 0 Å². The summed E-state index contributed by atoms with van der Waals surface area (Å²) in [5, 5.41) is 14.8. The monoisotopic (exact) mass is 280 g/mol. The lowest BCUT2D eigenvalue weighted by Gasteiger charge is -2.11. The first kappa shape index (κ1) is 15.8. The van der Waals surface area contributed by atoms with Gasteiger partial charge in [0.2, 0.25) is 5.91 Å². The molecular formula is C13H20N4O3. The summed E-state index contributed by atoms with van der Waals surface area (Å²) in [5.41, 5.74) is 12.1. The summed E-state index contributed by atoms with van der Waals surface area (Å²) >= 11 is 0. The van der Waals surface area contributed by atoms with Crippen molar-refractivity contribution in [1.29, 1.82) is 0 Å². The number of ether oxygens (including phenoxy) is 1. The third-order valence-corrected chi connectivity index (χ3v) is 2.78. The van der Waals surface area contributed by atoms with E-state index in [4.69, 9.17) is 21.4 Å². The van der Waals surface area contributed by atoms with E-state index in [1.165, 1.54) is 0 Å². The van der Waals surface area contributed by atoms with Crippen LogP contribution in [0.4, 0.5) is 0 Å². The third-order valence-electron chi connectivity index (χ3n) is 2.78. The summed E-state index contributed by atoms with van der Waals surface area (Å²) in [6.07, 6.45) is 1.03. The van der Waals surface area contributed by atoms with Crippen LogP contribution in [-0.2, 0) is 11.3 Å². The van der Waals surface area contributed by atoms with Crippen LogP contribution >= 0.6 is 0 Å². The number of carbonyl (C=O) groups excluding carboxylic acids is 1. The molecule has 1 aromatic carbocycles. The molecule has 20 heavy (non-hydrogen) atoms. The molecule has 1 amide bonds. The average Bonchev–Trinajstić information content (AvgIpc) is 2.45. The van der Waals surface area contributed by atoms with Crippen molar-refractivity contribution in [3.63, 3.8) is 0 Å². The van der Waals surface area contributed by atoms with Gasteiger partial charge in [0, 0.05) is 24.1 Å². The number of rotatable bonds is 8. The summed E-state index contributed by atoms with van der Waals surface area (Å²) in [6.45, 7) is 1.22. The maximum atomic E-state index is 10.6. The van der Waals surface area contributed by atoms with E-state index in [1.54, 1.807) is 25.3 Å². The zero-order valence-electron chi connectivity index (χ0n) is 11.4. The second kappa shape index (κ2) is 8.00. The van der Waals surface area contributed by atoms with Crippen LogP contribution in [0, 0.1) is 0 Å². The molecule has 0 aliphatic heterocycles. The standard InChI is InChI=1S/C13H20N4O3/c1-20-11-5-4-9(13(15)17-19)7-10(11)8-16-6-2-3-12(14)18/h4-5,7,16,19H,2-3,6,8H2,1H3,(H2,14,18)(H2,15,17). The predicted octanol–water partition coefficient (Wildman–Crippen LogP) is 0.145. The van der Waals surface area contributed by atoms with Crippen LogP contribution in [0.2, 0.25) is 0 Å². The van der Waals surface area contributed by atoms with Gasteiger partial charge in [0.15, 0.2) is 5.84 Å². The zero-order chi connectivity index (χ0) is 15.0. The van der Waals surface area contributed by atoms with Gasteiger partial charge in [0.05, 0.1) is 7.11 Å². The number of amides is 1. The number of amidine groups is 1. The molecule has 1 aromatic rings. The Morgan fingerprint density at radius 2 is 2.20 bits per heavy atom. The highest BCUT2D eigenvalue weighted by atomic mass is 16.5. The Morgan fingerprint density at radius 1 is 1.45 bits per heavy atom. The van der Waals surface area contributed by atoms with E-state index in [0.717, 1.165) is 5.56 Å². The van der Waals surface area contributed by atoms with E-state index in [9.17, 15) is 4.79 Å². The molecule has 0 saturated heterocycles. The van der Waals surface area contributed by atoms with Crippen LogP contribution in [0.1, 0.15) is 24.0 Å². The highest BCUT2D eigenvalue weighted by Crippen LogP contribution is 2.19. The molecule has 0 radical (unpaired) electrons. The number of nitrogens with one attached hydrogen (secondary N) is 1. The van der Waals surface area contributed by atoms with E-state index < -0.39 is 0 Å². The number of carbonyl (C=O) groups is 1. The Kier molecular flexibility index (Phi) is 6.31. The number of nitrogens with two attached hydrogens (primary N) is 2. The molecule has 0 atom stereocenters. The van der Waals surface area contributed by atoms with Gasteiger partial charge in [-0.05, 0) is 31.2 Å². The first-order chi connectivity index (χ1) is 9.58. The maximum absolute atomic E-state index is 10.6. The largest absolute Gasteiger partial charge is 0.496 e. The van der Waals surface area contributed by atoms with Gasteiger partial charge in [-0.25, -0.2) is 0 Å². The number of primary amides is 1. The number of nitrogens with zero attached hydrogens (tertiary/aromatic N) is 1. The summed E-state index contributed by atoms with van der Waals surface area (Å²) in [7, 11) is 1.58. The summed E-state index contributed by atoms with van der Waals surface area (Å²) in [4.78, 5) is 10.6. The van der Waals surface area contributed by atoms with Gasteiger partial charge in [-0.3, -0.25) is 4.79 Å². The molecule has 1 rings (SSSR count). The normalized spacial score (nSPS) is 11.3. The molecule has 0 aliphatic carbocycles. The number of methoxy groups -OCH3 is 1. The SMILES string of the molecule is COc1ccc(/C(N)=N/O)cc1CNCCCC(N)=O. The second-order valence-corrected chi connectivity index (χ2v) is 4.26. The van der Waals surface area contributed by atoms with Crippen LogP contribution < -0.4 is 21.5 Å². The van der Waals surface area contributed by atoms with Gasteiger partial charge in [-0.1, -0.05) is 5.16 Å². The first-order valence-electron chi connectivity index (χ1n) is 6.22. The van der Waals surface area contributed by atoms with Crippen molar-refractivity contribution in [3.05, 3.63) is 29.3 Å². The molecule has 0 spiro atoms. The molecular weight excluding hydrogens is 260 g/mol. The quantitative estimate of drug-likeness (QED) is 0.177. The summed E-state index contributed by atoms with van der Waals surface area (Å²) in [5.74, 6) is 0.447. The van der Waals surface area contributed by atoms with Crippen LogP contribution in [0.15, 0.2) is 23.4 Å². The van der Waals surface area contributed by atoms with E-state index >= 15 is 0 Å². The average molecular weight is 280 g/mol. The third kappa shape index (κ3) is 4.77. The van der Waals surface area contributed by atoms with Crippen LogP contribution in [-0.4, -0.2) is 30.6 Å². The molecule has 110 valence electrons. The fourth-order valence-corrected chi connectivity index (χ4v) is 1.74. The minimum atomic E-state index is -0.307. The molecule has 0 bridgehead atoms. The van der Waals surface area contributed by atoms with Crippen molar-refractivity contribution in [2.45, 2.75) is 19.4 Å². The lowest BCUT2D eigenvalue weighted by atomic mass is 10.1. The van der Waals surface area contributed by atoms with Crippen molar-refractivity contribution in [2.75, 3.05) is 13.7 Å². The maximum Gasteiger partial charge on any atom is 0.217 e. The molecule has 0 aromatic heterocycles. The van der Waals surface area contributed by atoms with Gasteiger partial charge < -0.3 is 26.7 Å². The van der Waals surface area contributed by atoms with Gasteiger partial charge >= 0.3 is 0 Å². The van der Waals surface area contributed by atoms with Crippen molar-refractivity contribution in [1.82, 2.24) is 5.32 Å². The van der Waals surface area contributed by atoms with Gasteiger partial charge in [-0.2, -0.15) is 0 Å². The fraction of sp³-hybridized carbons (Fsp3) is 0.385. The van der Waals surface area contributed by atoms with E-state index in [0.29, 0.717) is 37.2 Å². The molecule has 0 heterocycles. The predicted molar refractivity (Wildman–Crippen MR) is 75.6 cm³/mol. The van der Waals surface area contributed by atoms with E-state index in [2.05, 4.69) is 10.5 Å². The number of benzene rings is 1. The Bertz CT molecular complexity index is 489. The van der Waals surface area contributed by atoms with Crippen LogP contribution in [0.25, 0.3) is 0 Å². The fourth-order valence-electron chi connectivity index (χ4n) is 1.74. The first-order valence-corrected chi connectivity index (χ1v) is 6.22. The number of hydrogen-bond donors (Lipinski definition) is 4. The lowest BCUT2D eigenvalue weighted by Crippen LogP contribution is -2.19. The van der Waals surface area contributed by atoms with Crippen molar-refractivity contribution in [3.8, 4) is 5.75 Å². The molecule has 7 heteroatoms. The van der Waals surface area contributed by atoms with E-state index in [-0.39, 0.29) is 11.7 Å². The molecule has 0 unspecified atom stereocenters. The molecule has 0 aliphatic rings. The molecule has 0 saturated carbocycles. The van der Waals surface area contributed by atoms with Crippen molar-refractivity contribution >= 4 is 11.7 Å². The van der Waals surface area contributed by atoms with Crippen LogP contribution in [0.5, 0.6) is 5.75 Å². The Hall–Kier alpha value is -2.28. The Labute approximate surface area is 117 Å². The number of hydrogen-bond acceptors (Lipinski definition) is 5. The van der Waals surface area contributed by atoms with Crippen molar-refractivity contribution < 1.29 is 14.7 Å². The smallest absolute Gasteiger partial charge is 0.217 e. The lowest BCUT2D eigenvalue weighted by molar-refractivity contribution is -0.118. The molecule has 7 nitrogen and oxygen atoms in total.